The minimum absolute atomic E-state index is 0. The maximum absolute atomic E-state index is 12.1. The molecule has 2 rings (SSSR count). The van der Waals surface area contributed by atoms with Crippen molar-refractivity contribution in [2.24, 2.45) is 5.73 Å². The molecule has 1 heterocycles. The Morgan fingerprint density at radius 2 is 2.04 bits per heavy atom. The highest BCUT2D eigenvalue weighted by molar-refractivity contribution is 5.93. The maximum atomic E-state index is 12.1. The number of furan rings is 1. The molecule has 0 spiro atoms. The van der Waals surface area contributed by atoms with Crippen molar-refractivity contribution in [3.63, 3.8) is 0 Å². The summed E-state index contributed by atoms with van der Waals surface area (Å²) in [5, 5.41) is 2.89. The Kier molecular flexibility index (Phi) is 8.40. The Hall–Kier alpha value is -1.82. The van der Waals surface area contributed by atoms with Crippen LogP contribution in [0.3, 0.4) is 0 Å². The molecule has 0 aliphatic rings. The van der Waals surface area contributed by atoms with Crippen LogP contribution in [0.5, 0.6) is 0 Å². The highest BCUT2D eigenvalue weighted by Crippen LogP contribution is 2.11. The minimum Gasteiger partial charge on any atom is -0.467 e. The lowest BCUT2D eigenvalue weighted by Crippen LogP contribution is -2.23. The predicted octanol–water partition coefficient (Wildman–Crippen LogP) is 3.02. The van der Waals surface area contributed by atoms with Crippen LogP contribution in [-0.2, 0) is 24.4 Å². The van der Waals surface area contributed by atoms with Crippen LogP contribution in [0.1, 0.15) is 40.6 Å². The zero-order valence-electron chi connectivity index (χ0n) is 13.2. The first kappa shape index (κ1) is 19.2. The number of amides is 1. The summed E-state index contributed by atoms with van der Waals surface area (Å²) < 4.78 is 10.7. The molecule has 0 aliphatic carbocycles. The smallest absolute Gasteiger partial charge is 0.254 e. The summed E-state index contributed by atoms with van der Waals surface area (Å²) in [6.45, 7) is 4.10. The van der Waals surface area contributed by atoms with E-state index in [0.717, 1.165) is 24.2 Å². The van der Waals surface area contributed by atoms with E-state index < -0.39 is 0 Å². The van der Waals surface area contributed by atoms with E-state index in [1.165, 1.54) is 6.26 Å². The second-order valence-electron chi connectivity index (χ2n) is 5.01. The molecule has 0 fully saturated rings. The van der Waals surface area contributed by atoms with Gasteiger partial charge in [0.25, 0.3) is 5.91 Å². The van der Waals surface area contributed by atoms with E-state index in [1.54, 1.807) is 6.07 Å². The van der Waals surface area contributed by atoms with Crippen molar-refractivity contribution in [3.8, 4) is 0 Å². The highest BCUT2D eigenvalue weighted by Gasteiger charge is 2.10. The molecule has 2 aromatic rings. The summed E-state index contributed by atoms with van der Waals surface area (Å²) in [5.74, 6) is 0.422. The van der Waals surface area contributed by atoms with Gasteiger partial charge in [0.2, 0.25) is 0 Å². The Labute approximate surface area is 142 Å². The first-order valence-electron chi connectivity index (χ1n) is 7.44. The molecule has 3 N–H and O–H groups in total. The summed E-state index contributed by atoms with van der Waals surface area (Å²) in [7, 11) is 0. The van der Waals surface area contributed by atoms with Gasteiger partial charge in [-0.25, -0.2) is 0 Å². The van der Waals surface area contributed by atoms with Crippen LogP contribution in [0, 0.1) is 0 Å². The summed E-state index contributed by atoms with van der Waals surface area (Å²) >= 11 is 0. The molecule has 0 bridgehead atoms. The van der Waals surface area contributed by atoms with Crippen LogP contribution in [-0.4, -0.2) is 12.5 Å². The molecule has 0 atom stereocenters. The van der Waals surface area contributed by atoms with Gasteiger partial charge in [-0.1, -0.05) is 31.2 Å². The van der Waals surface area contributed by atoms with Crippen molar-refractivity contribution in [1.29, 1.82) is 0 Å². The largest absolute Gasteiger partial charge is 0.467 e. The average molecular weight is 339 g/mol. The molecule has 0 unspecified atom stereocenters. The van der Waals surface area contributed by atoms with Gasteiger partial charge < -0.3 is 20.2 Å². The number of carbonyl (C=O) groups is 1. The van der Waals surface area contributed by atoms with Gasteiger partial charge in [-0.15, -0.1) is 12.4 Å². The monoisotopic (exact) mass is 338 g/mol. The van der Waals surface area contributed by atoms with Crippen LogP contribution in [0.4, 0.5) is 0 Å². The van der Waals surface area contributed by atoms with Gasteiger partial charge in [-0.3, -0.25) is 4.79 Å². The van der Waals surface area contributed by atoms with Gasteiger partial charge in [-0.05, 0) is 23.6 Å². The van der Waals surface area contributed by atoms with Gasteiger partial charge in [-0.2, -0.15) is 0 Å². The summed E-state index contributed by atoms with van der Waals surface area (Å²) in [6, 6.07) is 9.59. The van der Waals surface area contributed by atoms with E-state index in [1.807, 2.05) is 24.3 Å². The predicted molar refractivity (Wildman–Crippen MR) is 91.4 cm³/mol. The van der Waals surface area contributed by atoms with Crippen LogP contribution in [0.2, 0.25) is 0 Å². The number of halogens is 1. The lowest BCUT2D eigenvalue weighted by atomic mass is 10.1. The molecule has 1 aromatic carbocycles. The molecule has 126 valence electrons. The topological polar surface area (TPSA) is 77.5 Å². The molecule has 0 radical (unpaired) electrons. The standard InChI is InChI=1S/C17H22N2O3.ClH/c1-2-7-21-11-14-6-4-3-5-13(14)10-19-17(20)15-8-16(9-18)22-12-15;/h3-6,8,12H,2,7,9-11,18H2,1H3,(H,19,20);1H. The minimum atomic E-state index is -0.173. The van der Waals surface area contributed by atoms with E-state index >= 15 is 0 Å². The molecule has 1 aromatic heterocycles. The van der Waals surface area contributed by atoms with E-state index in [0.29, 0.717) is 24.5 Å². The van der Waals surface area contributed by atoms with Gasteiger partial charge >= 0.3 is 0 Å². The fraction of sp³-hybridized carbons (Fsp3) is 0.353. The SMILES string of the molecule is CCCOCc1ccccc1CNC(=O)c1coc(CN)c1.Cl. The Morgan fingerprint density at radius 3 is 2.70 bits per heavy atom. The molecule has 0 saturated heterocycles. The molecule has 5 nitrogen and oxygen atoms in total. The van der Waals surface area contributed by atoms with E-state index in [-0.39, 0.29) is 24.9 Å². The van der Waals surface area contributed by atoms with Crippen molar-refractivity contribution in [3.05, 3.63) is 59.0 Å². The summed E-state index contributed by atoms with van der Waals surface area (Å²) in [5.41, 5.74) is 8.09. The van der Waals surface area contributed by atoms with Crippen LogP contribution >= 0.6 is 12.4 Å². The molecule has 0 aliphatic heterocycles. The number of benzene rings is 1. The molecule has 23 heavy (non-hydrogen) atoms. The second kappa shape index (κ2) is 10.0. The Bertz CT molecular complexity index is 613. The zero-order valence-corrected chi connectivity index (χ0v) is 14.0. The Morgan fingerprint density at radius 1 is 1.30 bits per heavy atom. The summed E-state index contributed by atoms with van der Waals surface area (Å²) in [6.07, 6.45) is 2.41. The number of rotatable bonds is 8. The average Bonchev–Trinajstić information content (AvgIpc) is 3.03. The van der Waals surface area contributed by atoms with Crippen molar-refractivity contribution in [2.75, 3.05) is 6.61 Å². The molecular weight excluding hydrogens is 316 g/mol. The van der Waals surface area contributed by atoms with Crippen molar-refractivity contribution < 1.29 is 13.9 Å². The quantitative estimate of drug-likeness (QED) is 0.725. The van der Waals surface area contributed by atoms with Crippen LogP contribution in [0.25, 0.3) is 0 Å². The first-order chi connectivity index (χ1) is 10.7. The number of hydrogen-bond acceptors (Lipinski definition) is 4. The third-order valence-corrected chi connectivity index (χ3v) is 3.28. The van der Waals surface area contributed by atoms with Gasteiger partial charge in [0.1, 0.15) is 12.0 Å². The van der Waals surface area contributed by atoms with Gasteiger partial charge in [0, 0.05) is 13.2 Å². The molecular formula is C17H23ClN2O3. The van der Waals surface area contributed by atoms with E-state index in [9.17, 15) is 4.79 Å². The first-order valence-corrected chi connectivity index (χ1v) is 7.44. The fourth-order valence-corrected chi connectivity index (χ4v) is 2.08. The number of ether oxygens (including phenoxy) is 1. The van der Waals surface area contributed by atoms with Gasteiger partial charge in [0.15, 0.2) is 0 Å². The maximum Gasteiger partial charge on any atom is 0.254 e. The Balaban J connectivity index is 0.00000264. The normalized spacial score (nSPS) is 10.2. The number of nitrogens with two attached hydrogens (primary N) is 1. The number of carbonyl (C=O) groups excluding carboxylic acids is 1. The third kappa shape index (κ3) is 5.71. The number of hydrogen-bond donors (Lipinski definition) is 2. The number of nitrogens with one attached hydrogen (secondary N) is 1. The van der Waals surface area contributed by atoms with Crippen LogP contribution in [0.15, 0.2) is 41.0 Å². The molecule has 0 saturated carbocycles. The van der Waals surface area contributed by atoms with Gasteiger partial charge in [0.05, 0.1) is 18.7 Å². The second-order valence-corrected chi connectivity index (χ2v) is 5.01. The van der Waals surface area contributed by atoms with E-state index in [4.69, 9.17) is 14.9 Å². The van der Waals surface area contributed by atoms with Crippen LogP contribution < -0.4 is 11.1 Å². The fourth-order valence-electron chi connectivity index (χ4n) is 2.08. The summed E-state index contributed by atoms with van der Waals surface area (Å²) in [4.78, 5) is 12.1. The lowest BCUT2D eigenvalue weighted by Gasteiger charge is -2.10. The van der Waals surface area contributed by atoms with Crippen molar-refractivity contribution >= 4 is 18.3 Å². The highest BCUT2D eigenvalue weighted by atomic mass is 35.5. The van der Waals surface area contributed by atoms with Crippen molar-refractivity contribution in [2.45, 2.75) is 33.0 Å². The third-order valence-electron chi connectivity index (χ3n) is 3.28. The lowest BCUT2D eigenvalue weighted by molar-refractivity contribution is 0.0948. The molecule has 6 heteroatoms. The zero-order chi connectivity index (χ0) is 15.8. The van der Waals surface area contributed by atoms with E-state index in [2.05, 4.69) is 12.2 Å². The molecule has 1 amide bonds. The van der Waals surface area contributed by atoms with Crippen molar-refractivity contribution in [1.82, 2.24) is 5.32 Å².